The Bertz CT molecular complexity index is 764. The van der Waals surface area contributed by atoms with Crippen molar-refractivity contribution in [2.75, 3.05) is 18.9 Å². The first kappa shape index (κ1) is 16.5. The summed E-state index contributed by atoms with van der Waals surface area (Å²) in [6, 6.07) is 9.38. The SMILES string of the molecule is CC1Sc2ccc(C(=O)N(C)CCc3ccncc3)cc2NC1=O. The molecule has 2 amide bonds. The number of hydrogen-bond acceptors (Lipinski definition) is 4. The molecule has 0 radical (unpaired) electrons. The summed E-state index contributed by atoms with van der Waals surface area (Å²) in [6.07, 6.45) is 4.28. The normalized spacial score (nSPS) is 16.2. The van der Waals surface area contributed by atoms with Gasteiger partial charge >= 0.3 is 0 Å². The second-order valence-electron chi connectivity index (χ2n) is 5.79. The number of hydrogen-bond donors (Lipinski definition) is 1. The summed E-state index contributed by atoms with van der Waals surface area (Å²) in [5.74, 6) is -0.0760. The summed E-state index contributed by atoms with van der Waals surface area (Å²) >= 11 is 1.51. The van der Waals surface area contributed by atoms with Gasteiger partial charge in [0.05, 0.1) is 10.9 Å². The predicted molar refractivity (Wildman–Crippen MR) is 95.3 cm³/mol. The fraction of sp³-hybridized carbons (Fsp3) is 0.278. The van der Waals surface area contributed by atoms with E-state index in [1.54, 1.807) is 30.4 Å². The zero-order valence-electron chi connectivity index (χ0n) is 13.7. The molecule has 1 N–H and O–H groups in total. The fourth-order valence-corrected chi connectivity index (χ4v) is 3.44. The van der Waals surface area contributed by atoms with Crippen LogP contribution in [-0.2, 0) is 11.2 Å². The van der Waals surface area contributed by atoms with Crippen LogP contribution in [0, 0.1) is 0 Å². The van der Waals surface area contributed by atoms with Crippen molar-refractivity contribution in [2.45, 2.75) is 23.5 Å². The lowest BCUT2D eigenvalue weighted by molar-refractivity contribution is -0.115. The minimum atomic E-state index is -0.109. The molecule has 2 heterocycles. The number of thioether (sulfide) groups is 1. The van der Waals surface area contributed by atoms with E-state index in [2.05, 4.69) is 10.3 Å². The third kappa shape index (κ3) is 3.59. The van der Waals surface area contributed by atoms with Crippen molar-refractivity contribution in [3.8, 4) is 0 Å². The van der Waals surface area contributed by atoms with E-state index in [1.807, 2.05) is 31.2 Å². The van der Waals surface area contributed by atoms with Crippen molar-refractivity contribution in [2.24, 2.45) is 0 Å². The number of carbonyl (C=O) groups is 2. The van der Waals surface area contributed by atoms with E-state index in [4.69, 9.17) is 0 Å². The molecular formula is C18H19N3O2S. The molecular weight excluding hydrogens is 322 g/mol. The van der Waals surface area contributed by atoms with Crippen molar-refractivity contribution in [1.29, 1.82) is 0 Å². The van der Waals surface area contributed by atoms with Gasteiger partial charge in [0, 0.05) is 36.4 Å². The number of pyridine rings is 1. The molecule has 0 bridgehead atoms. The van der Waals surface area contributed by atoms with Crippen LogP contribution in [0.2, 0.25) is 0 Å². The number of carbonyl (C=O) groups excluding carboxylic acids is 2. The van der Waals surface area contributed by atoms with Gasteiger partial charge in [-0.1, -0.05) is 0 Å². The third-order valence-corrected chi connectivity index (χ3v) is 5.17. The van der Waals surface area contributed by atoms with Crippen molar-refractivity contribution < 1.29 is 9.59 Å². The Labute approximate surface area is 145 Å². The van der Waals surface area contributed by atoms with Gasteiger partial charge in [-0.05, 0) is 49.2 Å². The molecule has 2 aromatic rings. The Kier molecular flexibility index (Phi) is 4.85. The fourth-order valence-electron chi connectivity index (χ4n) is 2.51. The van der Waals surface area contributed by atoms with Gasteiger partial charge in [0.15, 0.2) is 0 Å². The first-order valence-electron chi connectivity index (χ1n) is 7.80. The molecule has 3 rings (SSSR count). The standard InChI is InChI=1S/C18H19N3O2S/c1-12-17(22)20-15-11-14(3-4-16(15)24-12)18(23)21(2)10-7-13-5-8-19-9-6-13/h3-6,8-9,11-12H,7,10H2,1-2H3,(H,20,22). The number of nitrogens with zero attached hydrogens (tertiary/aromatic N) is 2. The quantitative estimate of drug-likeness (QED) is 0.929. The highest BCUT2D eigenvalue weighted by Gasteiger charge is 2.24. The second-order valence-corrected chi connectivity index (χ2v) is 7.18. The monoisotopic (exact) mass is 341 g/mol. The van der Waals surface area contributed by atoms with E-state index in [1.165, 1.54) is 11.8 Å². The number of amides is 2. The molecule has 1 atom stereocenters. The molecule has 5 nitrogen and oxygen atoms in total. The van der Waals surface area contributed by atoms with Gasteiger partial charge in [-0.15, -0.1) is 11.8 Å². The largest absolute Gasteiger partial charge is 0.341 e. The lowest BCUT2D eigenvalue weighted by Crippen LogP contribution is -2.30. The smallest absolute Gasteiger partial charge is 0.253 e. The van der Waals surface area contributed by atoms with E-state index in [9.17, 15) is 9.59 Å². The first-order valence-corrected chi connectivity index (χ1v) is 8.68. The summed E-state index contributed by atoms with van der Waals surface area (Å²) in [6.45, 7) is 2.49. The Morgan fingerprint density at radius 3 is 2.79 bits per heavy atom. The summed E-state index contributed by atoms with van der Waals surface area (Å²) in [4.78, 5) is 31.1. The van der Waals surface area contributed by atoms with Crippen LogP contribution in [0.15, 0.2) is 47.6 Å². The minimum Gasteiger partial charge on any atom is -0.341 e. The number of benzene rings is 1. The summed E-state index contributed by atoms with van der Waals surface area (Å²) < 4.78 is 0. The van der Waals surface area contributed by atoms with Gasteiger partial charge in [-0.25, -0.2) is 0 Å². The highest BCUT2D eigenvalue weighted by atomic mass is 32.2. The summed E-state index contributed by atoms with van der Waals surface area (Å²) in [7, 11) is 1.79. The van der Waals surface area contributed by atoms with Gasteiger partial charge in [0.1, 0.15) is 0 Å². The molecule has 1 aliphatic heterocycles. The maximum Gasteiger partial charge on any atom is 0.253 e. The number of rotatable bonds is 4. The number of aromatic nitrogens is 1. The maximum atomic E-state index is 12.6. The van der Waals surface area contributed by atoms with Crippen LogP contribution >= 0.6 is 11.8 Å². The van der Waals surface area contributed by atoms with Crippen LogP contribution in [0.4, 0.5) is 5.69 Å². The van der Waals surface area contributed by atoms with Crippen LogP contribution in [0.3, 0.4) is 0 Å². The zero-order chi connectivity index (χ0) is 17.1. The summed E-state index contributed by atoms with van der Waals surface area (Å²) in [5.41, 5.74) is 2.45. The van der Waals surface area contributed by atoms with Crippen LogP contribution in [0.5, 0.6) is 0 Å². The number of anilines is 1. The Morgan fingerprint density at radius 1 is 1.29 bits per heavy atom. The zero-order valence-corrected chi connectivity index (χ0v) is 14.5. The predicted octanol–water partition coefficient (Wildman–Crippen LogP) is 2.83. The number of likely N-dealkylation sites (N-methyl/N-ethyl adjacent to an activating group) is 1. The van der Waals surface area contributed by atoms with Crippen LogP contribution in [-0.4, -0.2) is 40.5 Å². The van der Waals surface area contributed by atoms with E-state index in [0.29, 0.717) is 12.1 Å². The average molecular weight is 341 g/mol. The molecule has 0 aliphatic carbocycles. The van der Waals surface area contributed by atoms with Crippen molar-refractivity contribution in [1.82, 2.24) is 9.88 Å². The van der Waals surface area contributed by atoms with Crippen LogP contribution in [0.1, 0.15) is 22.8 Å². The minimum absolute atomic E-state index is 0.0249. The molecule has 1 aliphatic rings. The van der Waals surface area contributed by atoms with Gasteiger partial charge in [-0.3, -0.25) is 14.6 Å². The van der Waals surface area contributed by atoms with Gasteiger partial charge in [0.25, 0.3) is 5.91 Å². The van der Waals surface area contributed by atoms with E-state index >= 15 is 0 Å². The van der Waals surface area contributed by atoms with Crippen LogP contribution < -0.4 is 5.32 Å². The molecule has 0 saturated heterocycles. The number of nitrogens with one attached hydrogen (secondary N) is 1. The molecule has 6 heteroatoms. The van der Waals surface area contributed by atoms with Crippen molar-refractivity contribution in [3.05, 3.63) is 53.9 Å². The molecule has 0 saturated carbocycles. The van der Waals surface area contributed by atoms with Crippen LogP contribution in [0.25, 0.3) is 0 Å². The molecule has 1 aromatic heterocycles. The van der Waals surface area contributed by atoms with Gasteiger partial charge in [0.2, 0.25) is 5.91 Å². The highest BCUT2D eigenvalue weighted by Crippen LogP contribution is 2.36. The van der Waals surface area contributed by atoms with Crippen molar-refractivity contribution in [3.63, 3.8) is 0 Å². The molecule has 1 unspecified atom stereocenters. The Morgan fingerprint density at radius 2 is 2.04 bits per heavy atom. The topological polar surface area (TPSA) is 62.3 Å². The first-order chi connectivity index (χ1) is 11.5. The molecule has 0 fully saturated rings. The Balaban J connectivity index is 1.68. The third-order valence-electron chi connectivity index (χ3n) is 3.99. The molecule has 0 spiro atoms. The second kappa shape index (κ2) is 7.05. The Hall–Kier alpha value is -2.34. The van der Waals surface area contributed by atoms with E-state index < -0.39 is 0 Å². The van der Waals surface area contributed by atoms with Gasteiger partial charge in [-0.2, -0.15) is 0 Å². The van der Waals surface area contributed by atoms with E-state index in [-0.39, 0.29) is 17.1 Å². The molecule has 1 aromatic carbocycles. The van der Waals surface area contributed by atoms with Gasteiger partial charge < -0.3 is 10.2 Å². The molecule has 124 valence electrons. The summed E-state index contributed by atoms with van der Waals surface area (Å²) in [5, 5.41) is 2.76. The highest BCUT2D eigenvalue weighted by molar-refractivity contribution is 8.00. The lowest BCUT2D eigenvalue weighted by Gasteiger charge is -2.23. The average Bonchev–Trinajstić information content (AvgIpc) is 2.60. The maximum absolute atomic E-state index is 12.6. The lowest BCUT2D eigenvalue weighted by atomic mass is 10.1. The molecule has 24 heavy (non-hydrogen) atoms. The van der Waals surface area contributed by atoms with E-state index in [0.717, 1.165) is 22.6 Å². The van der Waals surface area contributed by atoms with Crippen molar-refractivity contribution >= 4 is 29.3 Å². The number of fused-ring (bicyclic) bond motifs is 1.